The number of nitrogens with two attached hydrogens (primary N) is 1. The van der Waals surface area contributed by atoms with Crippen molar-refractivity contribution in [2.75, 3.05) is 23.5 Å². The SMILES string of the molecule is CSCC[C@H](N)CSSCC(Cc1ccccc1)C(=O)N[C@@H](Cc1ccccc1)C(=O)OCc1ccccc1. The van der Waals surface area contributed by atoms with Crippen molar-refractivity contribution >= 4 is 45.2 Å². The quantitative estimate of drug-likeness (QED) is 0.119. The van der Waals surface area contributed by atoms with Gasteiger partial charge in [-0.2, -0.15) is 11.8 Å². The lowest BCUT2D eigenvalue weighted by molar-refractivity contribution is -0.149. The summed E-state index contributed by atoms with van der Waals surface area (Å²) in [5.74, 6) is 1.64. The molecule has 0 saturated carbocycles. The van der Waals surface area contributed by atoms with Crippen LogP contribution < -0.4 is 11.1 Å². The third kappa shape index (κ3) is 12.1. The van der Waals surface area contributed by atoms with Crippen molar-refractivity contribution in [3.8, 4) is 0 Å². The topological polar surface area (TPSA) is 81.4 Å². The lowest BCUT2D eigenvalue weighted by atomic mass is 9.99. The average molecular weight is 583 g/mol. The van der Waals surface area contributed by atoms with Gasteiger partial charge in [-0.1, -0.05) is 113 Å². The van der Waals surface area contributed by atoms with Gasteiger partial charge >= 0.3 is 5.97 Å². The second-order valence-corrected chi connectivity index (χ2v) is 12.9. The smallest absolute Gasteiger partial charge is 0.329 e. The second-order valence-electron chi connectivity index (χ2n) is 9.34. The zero-order valence-electron chi connectivity index (χ0n) is 22.4. The molecule has 0 aliphatic rings. The van der Waals surface area contributed by atoms with Crippen LogP contribution in [0.4, 0.5) is 0 Å². The molecule has 0 bridgehead atoms. The molecule has 0 spiro atoms. The normalized spacial score (nSPS) is 13.3. The Kier molecular flexibility index (Phi) is 14.4. The van der Waals surface area contributed by atoms with Crippen molar-refractivity contribution < 1.29 is 14.3 Å². The number of thioether (sulfide) groups is 1. The number of hydrogen-bond acceptors (Lipinski definition) is 7. The minimum Gasteiger partial charge on any atom is -0.459 e. The van der Waals surface area contributed by atoms with Crippen molar-refractivity contribution in [2.45, 2.75) is 38.0 Å². The molecule has 208 valence electrons. The number of benzene rings is 3. The summed E-state index contributed by atoms with van der Waals surface area (Å²) in [6, 6.07) is 28.6. The van der Waals surface area contributed by atoms with Crippen LogP contribution in [0.2, 0.25) is 0 Å². The number of carbonyl (C=O) groups excluding carboxylic acids is 2. The standard InChI is InChI=1S/C31H38N2O3S3/c1-37-18-17-28(32)23-39-38-22-27(19-24-11-5-2-6-12-24)30(34)33-29(20-25-13-7-3-8-14-25)31(35)36-21-26-15-9-4-10-16-26/h2-16,27-29H,17-23,32H2,1H3,(H,33,34)/t27?,28-,29-/m0/s1. The summed E-state index contributed by atoms with van der Waals surface area (Å²) in [6.07, 6.45) is 4.03. The molecule has 0 aromatic heterocycles. The first-order chi connectivity index (χ1) is 19.0. The monoisotopic (exact) mass is 582 g/mol. The third-order valence-corrected chi connectivity index (χ3v) is 9.36. The summed E-state index contributed by atoms with van der Waals surface area (Å²) in [5.41, 5.74) is 9.18. The van der Waals surface area contributed by atoms with Crippen LogP contribution in [0.15, 0.2) is 91.0 Å². The first kappa shape index (κ1) is 31.1. The number of ether oxygens (including phenoxy) is 1. The third-order valence-electron chi connectivity index (χ3n) is 6.13. The Hall–Kier alpha value is -2.39. The van der Waals surface area contributed by atoms with E-state index in [1.807, 2.05) is 91.0 Å². The lowest BCUT2D eigenvalue weighted by Gasteiger charge is -2.22. The number of amides is 1. The van der Waals surface area contributed by atoms with Crippen molar-refractivity contribution in [2.24, 2.45) is 11.7 Å². The van der Waals surface area contributed by atoms with Crippen LogP contribution >= 0.6 is 33.3 Å². The van der Waals surface area contributed by atoms with E-state index in [1.165, 1.54) is 0 Å². The zero-order valence-corrected chi connectivity index (χ0v) is 24.8. The molecule has 0 fully saturated rings. The molecular formula is C31H38N2O3S3. The van der Waals surface area contributed by atoms with Crippen molar-refractivity contribution in [3.05, 3.63) is 108 Å². The molecule has 5 nitrogen and oxygen atoms in total. The highest BCUT2D eigenvalue weighted by molar-refractivity contribution is 8.76. The van der Waals surface area contributed by atoms with Crippen LogP contribution in [0.5, 0.6) is 0 Å². The van der Waals surface area contributed by atoms with E-state index in [9.17, 15) is 9.59 Å². The summed E-state index contributed by atoms with van der Waals surface area (Å²) >= 11 is 1.80. The van der Waals surface area contributed by atoms with Gasteiger partial charge in [-0.25, -0.2) is 4.79 Å². The van der Waals surface area contributed by atoms with E-state index in [0.717, 1.165) is 34.6 Å². The van der Waals surface area contributed by atoms with Gasteiger partial charge < -0.3 is 15.8 Å². The van der Waals surface area contributed by atoms with Gasteiger partial charge in [-0.3, -0.25) is 4.79 Å². The van der Waals surface area contributed by atoms with Crippen LogP contribution in [0.3, 0.4) is 0 Å². The van der Waals surface area contributed by atoms with Gasteiger partial charge in [0.25, 0.3) is 0 Å². The molecule has 1 amide bonds. The fourth-order valence-corrected chi connectivity index (χ4v) is 7.01. The first-order valence-electron chi connectivity index (χ1n) is 13.1. The van der Waals surface area contributed by atoms with Gasteiger partial charge in [0, 0.05) is 24.0 Å². The fraction of sp³-hybridized carbons (Fsp3) is 0.355. The molecule has 39 heavy (non-hydrogen) atoms. The highest BCUT2D eigenvalue weighted by Gasteiger charge is 2.27. The molecule has 3 aromatic carbocycles. The molecule has 3 atom stereocenters. The van der Waals surface area contributed by atoms with E-state index in [-0.39, 0.29) is 24.5 Å². The Morgan fingerprint density at radius 3 is 1.92 bits per heavy atom. The number of carbonyl (C=O) groups is 2. The fourth-order valence-electron chi connectivity index (χ4n) is 3.91. The van der Waals surface area contributed by atoms with Crippen molar-refractivity contribution in [1.82, 2.24) is 5.32 Å². The van der Waals surface area contributed by atoms with Gasteiger partial charge in [0.2, 0.25) is 5.91 Å². The summed E-state index contributed by atoms with van der Waals surface area (Å²) in [5, 5.41) is 3.04. The summed E-state index contributed by atoms with van der Waals surface area (Å²) in [6.45, 7) is 0.164. The Bertz CT molecular complexity index is 1100. The molecule has 0 aliphatic heterocycles. The zero-order chi connectivity index (χ0) is 27.7. The van der Waals surface area contributed by atoms with Crippen LogP contribution in [0, 0.1) is 5.92 Å². The molecule has 0 radical (unpaired) electrons. The number of nitrogens with one attached hydrogen (secondary N) is 1. The molecular weight excluding hydrogens is 545 g/mol. The lowest BCUT2D eigenvalue weighted by Crippen LogP contribution is -2.46. The van der Waals surface area contributed by atoms with E-state index in [2.05, 4.69) is 11.6 Å². The maximum Gasteiger partial charge on any atom is 0.329 e. The van der Waals surface area contributed by atoms with E-state index < -0.39 is 12.0 Å². The maximum atomic E-state index is 13.6. The molecule has 1 unspecified atom stereocenters. The predicted molar refractivity (Wildman–Crippen MR) is 168 cm³/mol. The number of hydrogen-bond donors (Lipinski definition) is 2. The summed E-state index contributed by atoms with van der Waals surface area (Å²) < 4.78 is 5.64. The van der Waals surface area contributed by atoms with Crippen LogP contribution in [0.1, 0.15) is 23.1 Å². The van der Waals surface area contributed by atoms with Gasteiger partial charge in [0.15, 0.2) is 0 Å². The second kappa shape index (κ2) is 18.1. The Morgan fingerprint density at radius 1 is 0.795 bits per heavy atom. The van der Waals surface area contributed by atoms with Gasteiger partial charge in [-0.15, -0.1) is 0 Å². The minimum atomic E-state index is -0.778. The van der Waals surface area contributed by atoms with E-state index in [0.29, 0.717) is 18.6 Å². The van der Waals surface area contributed by atoms with E-state index in [1.54, 1.807) is 33.3 Å². The van der Waals surface area contributed by atoms with Crippen molar-refractivity contribution in [3.63, 3.8) is 0 Å². The van der Waals surface area contributed by atoms with E-state index >= 15 is 0 Å². The molecule has 3 rings (SSSR count). The summed E-state index contributed by atoms with van der Waals surface area (Å²) in [4.78, 5) is 26.8. The van der Waals surface area contributed by atoms with Gasteiger partial charge in [-0.05, 0) is 41.5 Å². The van der Waals surface area contributed by atoms with Crippen LogP contribution in [-0.4, -0.2) is 47.5 Å². The maximum absolute atomic E-state index is 13.6. The molecule has 8 heteroatoms. The predicted octanol–water partition coefficient (Wildman–Crippen LogP) is 5.78. The largest absolute Gasteiger partial charge is 0.459 e. The summed E-state index contributed by atoms with van der Waals surface area (Å²) in [7, 11) is 3.38. The molecule has 0 heterocycles. The van der Waals surface area contributed by atoms with E-state index in [4.69, 9.17) is 10.5 Å². The van der Waals surface area contributed by atoms with Crippen LogP contribution in [0.25, 0.3) is 0 Å². The molecule has 0 saturated heterocycles. The number of rotatable bonds is 17. The Labute approximate surface area is 244 Å². The van der Waals surface area contributed by atoms with Gasteiger partial charge in [0.05, 0.1) is 5.92 Å². The van der Waals surface area contributed by atoms with Gasteiger partial charge in [0.1, 0.15) is 12.6 Å². The highest BCUT2D eigenvalue weighted by atomic mass is 33.1. The number of esters is 1. The molecule has 3 aromatic rings. The Balaban J connectivity index is 1.66. The van der Waals surface area contributed by atoms with Crippen molar-refractivity contribution in [1.29, 1.82) is 0 Å². The Morgan fingerprint density at radius 2 is 1.33 bits per heavy atom. The average Bonchev–Trinajstić information content (AvgIpc) is 2.97. The minimum absolute atomic E-state index is 0.142. The molecule has 3 N–H and O–H groups in total. The molecule has 0 aliphatic carbocycles. The highest BCUT2D eigenvalue weighted by Crippen LogP contribution is 2.27. The van der Waals surface area contributed by atoms with Crippen LogP contribution in [-0.2, 0) is 33.8 Å². The first-order valence-corrected chi connectivity index (χ1v) is 17.0.